The Labute approximate surface area is 136 Å². The first-order valence-corrected chi connectivity index (χ1v) is 2.20. The number of hydrogen-bond acceptors (Lipinski definition) is 5. The van der Waals surface area contributed by atoms with Crippen LogP contribution in [0, 0.1) is 0 Å². The van der Waals surface area contributed by atoms with Gasteiger partial charge in [-0.3, -0.25) is 0 Å². The third-order valence-corrected chi connectivity index (χ3v) is 0.689. The van der Waals surface area contributed by atoms with Crippen LogP contribution >= 0.6 is 0 Å². The minimum absolute atomic E-state index is 0. The summed E-state index contributed by atoms with van der Waals surface area (Å²) in [5.74, 6) is -3.08. The van der Waals surface area contributed by atoms with Crippen LogP contribution in [0.3, 0.4) is 0 Å². The normalized spacial score (nSPS) is 9.42. The summed E-state index contributed by atoms with van der Waals surface area (Å²) in [6, 6.07) is -1.46. The van der Waals surface area contributed by atoms with Crippen LogP contribution in [0.25, 0.3) is 0 Å². The first-order chi connectivity index (χ1) is 4.04. The predicted molar refractivity (Wildman–Crippen MR) is 22.6 cm³/mol. The van der Waals surface area contributed by atoms with Gasteiger partial charge < -0.3 is 25.5 Å². The Kier molecular flexibility index (Phi) is 25.4. The molecule has 8 heteroatoms. The zero-order valence-electron chi connectivity index (χ0n) is 7.49. The van der Waals surface area contributed by atoms with Gasteiger partial charge in [-0.2, -0.15) is 0 Å². The molecule has 0 aromatic heterocycles. The van der Waals surface area contributed by atoms with E-state index in [-0.39, 0.29) is 88.7 Å². The molecule has 0 heterocycles. The predicted octanol–water partition coefficient (Wildman–Crippen LogP) is -12.8. The molecule has 0 fully saturated rings. The van der Waals surface area contributed by atoms with E-state index in [4.69, 9.17) is 5.73 Å². The van der Waals surface area contributed by atoms with Crippen LogP contribution in [-0.4, -0.2) is 18.0 Å². The van der Waals surface area contributed by atoms with Crippen molar-refractivity contribution >= 4 is 11.9 Å². The van der Waals surface area contributed by atoms with E-state index in [0.717, 1.165) is 0 Å². The van der Waals surface area contributed by atoms with E-state index < -0.39 is 24.4 Å². The van der Waals surface area contributed by atoms with Gasteiger partial charge in [0.1, 0.15) is 0 Å². The molecule has 1 atom stereocenters. The second-order valence-electron chi connectivity index (χ2n) is 1.50. The van der Waals surface area contributed by atoms with Gasteiger partial charge in [0, 0.05) is 18.4 Å². The molecule has 0 aromatic rings. The molecule has 0 amide bonds. The maximum atomic E-state index is 9.71. The molecule has 0 rings (SSSR count). The van der Waals surface area contributed by atoms with E-state index in [2.05, 4.69) is 0 Å². The van der Waals surface area contributed by atoms with Crippen molar-refractivity contribution in [2.75, 3.05) is 0 Å². The van der Waals surface area contributed by atoms with Gasteiger partial charge in [0.05, 0.1) is 5.97 Å². The van der Waals surface area contributed by atoms with Crippen LogP contribution in [-0.2, 0) is 9.59 Å². The van der Waals surface area contributed by atoms with Gasteiger partial charge >= 0.3 is 88.7 Å². The summed E-state index contributed by atoms with van der Waals surface area (Å²) in [6.45, 7) is 0. The van der Waals surface area contributed by atoms with E-state index >= 15 is 0 Å². The first kappa shape index (κ1) is 23.6. The van der Waals surface area contributed by atoms with Crippen molar-refractivity contribution in [2.24, 2.45) is 5.73 Å². The number of rotatable bonds is 3. The molecule has 0 saturated carbocycles. The van der Waals surface area contributed by atoms with Crippen molar-refractivity contribution in [1.29, 1.82) is 0 Å². The van der Waals surface area contributed by atoms with Crippen LogP contribution in [0.2, 0.25) is 0 Å². The van der Waals surface area contributed by atoms with Crippen molar-refractivity contribution in [3.8, 4) is 0 Å². The third-order valence-electron chi connectivity index (χ3n) is 0.689. The smallest absolute Gasteiger partial charge is 0.550 e. The minimum Gasteiger partial charge on any atom is -0.550 e. The van der Waals surface area contributed by atoms with Crippen LogP contribution in [0.1, 0.15) is 6.42 Å². The second kappa shape index (κ2) is 12.9. The van der Waals surface area contributed by atoms with E-state index in [1.807, 2.05) is 0 Å². The summed E-state index contributed by atoms with van der Waals surface area (Å²) in [4.78, 5) is 19.3. The van der Waals surface area contributed by atoms with Crippen molar-refractivity contribution in [3.05, 3.63) is 0 Å². The fourth-order valence-corrected chi connectivity index (χ4v) is 0.263. The second-order valence-corrected chi connectivity index (χ2v) is 1.50. The van der Waals surface area contributed by atoms with Gasteiger partial charge in [-0.05, 0) is 0 Å². The molecule has 5 nitrogen and oxygen atoms in total. The van der Waals surface area contributed by atoms with Crippen molar-refractivity contribution < 1.29 is 108 Å². The molecule has 0 aliphatic carbocycles. The quantitative estimate of drug-likeness (QED) is 0.455. The van der Waals surface area contributed by atoms with Crippen LogP contribution in [0.5, 0.6) is 0 Å². The first-order valence-electron chi connectivity index (χ1n) is 2.20. The van der Waals surface area contributed by atoms with Gasteiger partial charge in [-0.25, -0.2) is 0 Å². The molecule has 0 aliphatic rings. The molecule has 52 valence electrons. The Bertz CT molecular complexity index is 142. The standard InChI is InChI=1S/C4H7NO4.3Na/c5-2(4(8)9)1-3(6)7;;;/h2H,1,5H2,(H,6,7)(H,8,9);;;/q;3*+1/p-2/t2-;;;/m0.../s1. The average Bonchev–Trinajstić information content (AvgIpc) is 1.63. The number of carboxylic acid groups (broad SMARTS) is 2. The summed E-state index contributed by atoms with van der Waals surface area (Å²) in [6.07, 6.45) is -0.706. The number of carbonyl (C=O) groups is 2. The van der Waals surface area contributed by atoms with Crippen LogP contribution in [0.15, 0.2) is 0 Å². The van der Waals surface area contributed by atoms with E-state index in [9.17, 15) is 19.8 Å². The Balaban J connectivity index is -0.000000107. The summed E-state index contributed by atoms with van der Waals surface area (Å²) in [5, 5.41) is 19.3. The maximum Gasteiger partial charge on any atom is 1.00 e. The SMILES string of the molecule is N[C@@H](CC(=O)[O-])C(=O)[O-].[Na+].[Na+].[Na+]. The summed E-state index contributed by atoms with van der Waals surface area (Å²) in [5.41, 5.74) is 4.73. The molecule has 0 radical (unpaired) electrons. The molecular weight excluding hydrogens is 195 g/mol. The Morgan fingerprint density at radius 1 is 1.17 bits per heavy atom. The van der Waals surface area contributed by atoms with Gasteiger partial charge in [-0.15, -0.1) is 0 Å². The number of hydrogen-bond donors (Lipinski definition) is 1. The largest absolute Gasteiger partial charge is 1.00 e. The topological polar surface area (TPSA) is 106 Å². The summed E-state index contributed by atoms with van der Waals surface area (Å²) in [7, 11) is 0. The summed E-state index contributed by atoms with van der Waals surface area (Å²) < 4.78 is 0. The molecule has 0 bridgehead atoms. The molecule has 0 spiro atoms. The Morgan fingerprint density at radius 3 is 1.58 bits per heavy atom. The van der Waals surface area contributed by atoms with Crippen molar-refractivity contribution in [1.82, 2.24) is 0 Å². The average molecular weight is 200 g/mol. The summed E-state index contributed by atoms with van der Waals surface area (Å²) >= 11 is 0. The van der Waals surface area contributed by atoms with Gasteiger partial charge in [-0.1, -0.05) is 0 Å². The van der Waals surface area contributed by atoms with E-state index in [1.165, 1.54) is 0 Å². The zero-order chi connectivity index (χ0) is 7.44. The van der Waals surface area contributed by atoms with Gasteiger partial charge in [0.15, 0.2) is 0 Å². The third kappa shape index (κ3) is 14.4. The molecule has 2 N–H and O–H groups in total. The van der Waals surface area contributed by atoms with E-state index in [1.54, 1.807) is 0 Å². The van der Waals surface area contributed by atoms with Gasteiger partial charge in [0.2, 0.25) is 0 Å². The Hall–Kier alpha value is 1.90. The maximum absolute atomic E-state index is 9.71. The molecule has 12 heavy (non-hydrogen) atoms. The monoisotopic (exact) mass is 200 g/mol. The van der Waals surface area contributed by atoms with E-state index in [0.29, 0.717) is 0 Å². The molecule has 0 aromatic carbocycles. The fraction of sp³-hybridized carbons (Fsp3) is 0.500. The number of aliphatic carboxylic acids is 2. The molecule has 0 unspecified atom stereocenters. The number of carboxylic acids is 2. The fourth-order valence-electron chi connectivity index (χ4n) is 0.263. The molecular formula is C4H5NNa3O4+. The zero-order valence-corrected chi connectivity index (χ0v) is 13.5. The van der Waals surface area contributed by atoms with Gasteiger partial charge in [0.25, 0.3) is 0 Å². The van der Waals surface area contributed by atoms with Crippen molar-refractivity contribution in [2.45, 2.75) is 12.5 Å². The van der Waals surface area contributed by atoms with Crippen LogP contribution < -0.4 is 105 Å². The van der Waals surface area contributed by atoms with Crippen LogP contribution in [0.4, 0.5) is 0 Å². The Morgan fingerprint density at radius 2 is 1.50 bits per heavy atom. The molecule has 0 aliphatic heterocycles. The minimum atomic E-state index is -1.58. The molecule has 0 saturated heterocycles. The van der Waals surface area contributed by atoms with Crippen molar-refractivity contribution in [3.63, 3.8) is 0 Å². The number of carbonyl (C=O) groups excluding carboxylic acids is 2. The number of nitrogens with two attached hydrogens (primary N) is 1.